The van der Waals surface area contributed by atoms with Crippen molar-refractivity contribution in [3.63, 3.8) is 0 Å². The fourth-order valence-electron chi connectivity index (χ4n) is 2.19. The quantitative estimate of drug-likeness (QED) is 0.380. The van der Waals surface area contributed by atoms with Crippen LogP contribution in [0.1, 0.15) is 12.6 Å². The predicted molar refractivity (Wildman–Crippen MR) is 113 cm³/mol. The molecule has 6 nitrogen and oxygen atoms in total. The standard InChI is InChI=1S/C18H24N4O2.HI/c1-4-24-17-13-15(8-9-16(17)23-3)22-18(19-2)21-12-10-14-7-5-6-11-20-14;/h5-9,11,13H,4,10,12H2,1-3H3,(H2,19,21,22);1H. The molecule has 0 unspecified atom stereocenters. The maximum Gasteiger partial charge on any atom is 0.195 e. The van der Waals surface area contributed by atoms with Crippen molar-refractivity contribution in [3.8, 4) is 11.5 Å². The Kier molecular flexibility index (Phi) is 9.68. The van der Waals surface area contributed by atoms with E-state index in [1.807, 2.05) is 43.3 Å². The van der Waals surface area contributed by atoms with Gasteiger partial charge in [0.2, 0.25) is 0 Å². The number of nitrogens with zero attached hydrogens (tertiary/aromatic N) is 2. The maximum absolute atomic E-state index is 5.59. The number of aliphatic imine (C=N–C) groups is 1. The van der Waals surface area contributed by atoms with Gasteiger partial charge < -0.3 is 20.1 Å². The fraction of sp³-hybridized carbons (Fsp3) is 0.333. The van der Waals surface area contributed by atoms with E-state index in [1.165, 1.54) is 0 Å². The summed E-state index contributed by atoms with van der Waals surface area (Å²) in [5, 5.41) is 6.52. The number of anilines is 1. The minimum Gasteiger partial charge on any atom is -0.493 e. The molecular weight excluding hydrogens is 431 g/mol. The number of rotatable bonds is 7. The second-order valence-corrected chi connectivity index (χ2v) is 4.99. The smallest absolute Gasteiger partial charge is 0.195 e. The zero-order valence-corrected chi connectivity index (χ0v) is 17.1. The van der Waals surface area contributed by atoms with Gasteiger partial charge in [0.25, 0.3) is 0 Å². The lowest BCUT2D eigenvalue weighted by atomic mass is 10.2. The normalized spacial score (nSPS) is 10.6. The van der Waals surface area contributed by atoms with E-state index >= 15 is 0 Å². The molecule has 0 bridgehead atoms. The largest absolute Gasteiger partial charge is 0.493 e. The first kappa shape index (κ1) is 21.0. The van der Waals surface area contributed by atoms with Crippen molar-refractivity contribution < 1.29 is 9.47 Å². The number of hydrogen-bond donors (Lipinski definition) is 2. The lowest BCUT2D eigenvalue weighted by Gasteiger charge is -2.14. The van der Waals surface area contributed by atoms with Crippen molar-refractivity contribution >= 4 is 35.6 Å². The Morgan fingerprint density at radius 2 is 2.04 bits per heavy atom. The van der Waals surface area contributed by atoms with Crippen LogP contribution in [-0.4, -0.2) is 38.3 Å². The van der Waals surface area contributed by atoms with Crippen LogP contribution < -0.4 is 20.1 Å². The summed E-state index contributed by atoms with van der Waals surface area (Å²) in [7, 11) is 3.37. The van der Waals surface area contributed by atoms with E-state index in [-0.39, 0.29) is 24.0 Å². The topological polar surface area (TPSA) is 67.8 Å². The summed E-state index contributed by atoms with van der Waals surface area (Å²) < 4.78 is 10.9. The lowest BCUT2D eigenvalue weighted by Crippen LogP contribution is -2.32. The van der Waals surface area contributed by atoms with E-state index in [2.05, 4.69) is 20.6 Å². The lowest BCUT2D eigenvalue weighted by molar-refractivity contribution is 0.311. The summed E-state index contributed by atoms with van der Waals surface area (Å²) in [5.41, 5.74) is 1.92. The van der Waals surface area contributed by atoms with Gasteiger partial charge in [-0.2, -0.15) is 0 Å². The zero-order valence-electron chi connectivity index (χ0n) is 14.8. The van der Waals surface area contributed by atoms with Gasteiger partial charge in [0.05, 0.1) is 13.7 Å². The second kappa shape index (κ2) is 11.5. The molecule has 1 heterocycles. The molecule has 25 heavy (non-hydrogen) atoms. The van der Waals surface area contributed by atoms with Gasteiger partial charge in [0, 0.05) is 43.7 Å². The van der Waals surface area contributed by atoms with Gasteiger partial charge in [-0.15, -0.1) is 24.0 Å². The predicted octanol–water partition coefficient (Wildman–Crippen LogP) is 3.34. The van der Waals surface area contributed by atoms with E-state index < -0.39 is 0 Å². The monoisotopic (exact) mass is 456 g/mol. The third-order valence-corrected chi connectivity index (χ3v) is 3.35. The highest BCUT2D eigenvalue weighted by Crippen LogP contribution is 2.30. The Balaban J connectivity index is 0.00000312. The molecule has 1 aromatic heterocycles. The molecule has 2 N–H and O–H groups in total. The van der Waals surface area contributed by atoms with Gasteiger partial charge in [-0.1, -0.05) is 6.07 Å². The third kappa shape index (κ3) is 6.77. The molecule has 7 heteroatoms. The molecule has 0 aliphatic carbocycles. The van der Waals surface area contributed by atoms with Gasteiger partial charge in [-0.05, 0) is 31.2 Å². The first-order valence-electron chi connectivity index (χ1n) is 7.95. The van der Waals surface area contributed by atoms with Crippen LogP contribution in [0.5, 0.6) is 11.5 Å². The molecule has 0 saturated heterocycles. The first-order chi connectivity index (χ1) is 11.8. The number of benzene rings is 1. The number of hydrogen-bond acceptors (Lipinski definition) is 4. The van der Waals surface area contributed by atoms with Crippen LogP contribution in [0.25, 0.3) is 0 Å². The number of ether oxygens (including phenoxy) is 2. The Labute approximate surface area is 166 Å². The summed E-state index contributed by atoms with van der Waals surface area (Å²) in [6.45, 7) is 3.26. The summed E-state index contributed by atoms with van der Waals surface area (Å²) in [6.07, 6.45) is 2.63. The number of guanidine groups is 1. The second-order valence-electron chi connectivity index (χ2n) is 4.99. The molecule has 0 spiro atoms. The molecule has 136 valence electrons. The number of pyridine rings is 1. The fourth-order valence-corrected chi connectivity index (χ4v) is 2.19. The maximum atomic E-state index is 5.59. The van der Waals surface area contributed by atoms with Crippen LogP contribution in [0.4, 0.5) is 5.69 Å². The van der Waals surface area contributed by atoms with Crippen molar-refractivity contribution in [2.24, 2.45) is 4.99 Å². The molecule has 0 atom stereocenters. The third-order valence-electron chi connectivity index (χ3n) is 3.35. The molecule has 0 saturated carbocycles. The van der Waals surface area contributed by atoms with Gasteiger partial charge in [0.15, 0.2) is 17.5 Å². The van der Waals surface area contributed by atoms with Crippen molar-refractivity contribution in [3.05, 3.63) is 48.3 Å². The first-order valence-corrected chi connectivity index (χ1v) is 7.95. The van der Waals surface area contributed by atoms with Crippen LogP contribution in [0.3, 0.4) is 0 Å². The van der Waals surface area contributed by atoms with Crippen LogP contribution in [0, 0.1) is 0 Å². The van der Waals surface area contributed by atoms with Crippen molar-refractivity contribution in [1.82, 2.24) is 10.3 Å². The van der Waals surface area contributed by atoms with E-state index in [9.17, 15) is 0 Å². The van der Waals surface area contributed by atoms with E-state index in [4.69, 9.17) is 9.47 Å². The summed E-state index contributed by atoms with van der Waals surface area (Å²) in [6, 6.07) is 11.6. The molecule has 0 aliphatic heterocycles. The van der Waals surface area contributed by atoms with Crippen molar-refractivity contribution in [1.29, 1.82) is 0 Å². The highest BCUT2D eigenvalue weighted by atomic mass is 127. The number of aromatic nitrogens is 1. The Bertz CT molecular complexity index is 665. The van der Waals surface area contributed by atoms with Crippen LogP contribution in [0.15, 0.2) is 47.6 Å². The summed E-state index contributed by atoms with van der Waals surface area (Å²) in [5.74, 6) is 2.10. The molecule has 0 amide bonds. The van der Waals surface area contributed by atoms with E-state index in [0.29, 0.717) is 24.1 Å². The minimum atomic E-state index is 0. The molecule has 0 fully saturated rings. The van der Waals surface area contributed by atoms with Crippen LogP contribution >= 0.6 is 24.0 Å². The highest BCUT2D eigenvalue weighted by Gasteiger charge is 2.07. The molecule has 2 rings (SSSR count). The average molecular weight is 456 g/mol. The average Bonchev–Trinajstić information content (AvgIpc) is 2.62. The summed E-state index contributed by atoms with van der Waals surface area (Å²) in [4.78, 5) is 8.54. The van der Waals surface area contributed by atoms with E-state index in [0.717, 1.165) is 24.3 Å². The Morgan fingerprint density at radius 3 is 2.68 bits per heavy atom. The molecule has 0 aliphatic rings. The molecule has 0 radical (unpaired) electrons. The van der Waals surface area contributed by atoms with Gasteiger partial charge in [-0.25, -0.2) is 0 Å². The van der Waals surface area contributed by atoms with Crippen LogP contribution in [0.2, 0.25) is 0 Å². The Hall–Kier alpha value is -2.03. The zero-order chi connectivity index (χ0) is 17.2. The SMILES string of the molecule is CCOc1cc(NC(=NC)NCCc2ccccn2)ccc1OC.I. The van der Waals surface area contributed by atoms with Crippen molar-refractivity contribution in [2.45, 2.75) is 13.3 Å². The van der Waals surface area contributed by atoms with Gasteiger partial charge >= 0.3 is 0 Å². The number of nitrogens with one attached hydrogen (secondary N) is 2. The summed E-state index contributed by atoms with van der Waals surface area (Å²) >= 11 is 0. The minimum absolute atomic E-state index is 0. The number of methoxy groups -OCH3 is 1. The van der Waals surface area contributed by atoms with E-state index in [1.54, 1.807) is 20.4 Å². The van der Waals surface area contributed by atoms with Gasteiger partial charge in [-0.3, -0.25) is 9.98 Å². The highest BCUT2D eigenvalue weighted by molar-refractivity contribution is 14.0. The van der Waals surface area contributed by atoms with Crippen molar-refractivity contribution in [2.75, 3.05) is 32.6 Å². The molecule has 2 aromatic rings. The van der Waals surface area contributed by atoms with Gasteiger partial charge in [0.1, 0.15) is 0 Å². The number of halogens is 1. The molecular formula is C18H25IN4O2. The Morgan fingerprint density at radius 1 is 1.20 bits per heavy atom. The van der Waals surface area contributed by atoms with Crippen LogP contribution in [-0.2, 0) is 6.42 Å². The molecule has 1 aromatic carbocycles.